The van der Waals surface area contributed by atoms with E-state index in [1.54, 1.807) is 0 Å². The van der Waals surface area contributed by atoms with E-state index in [0.717, 1.165) is 44.5 Å². The maximum Gasteiger partial charge on any atom is 0.310 e. The highest BCUT2D eigenvalue weighted by atomic mass is 16.5. The van der Waals surface area contributed by atoms with E-state index in [1.807, 2.05) is 18.2 Å². The molecule has 3 fully saturated rings. The third kappa shape index (κ3) is 4.97. The van der Waals surface area contributed by atoms with Crippen molar-refractivity contribution in [1.82, 2.24) is 10.2 Å². The maximum absolute atomic E-state index is 12.9. The molecule has 30 heavy (non-hydrogen) atoms. The molecular formula is C24H35N3O3. The average molecular weight is 414 g/mol. The molecule has 1 saturated heterocycles. The molecule has 4 rings (SSSR count). The lowest BCUT2D eigenvalue weighted by Gasteiger charge is -2.34. The van der Waals surface area contributed by atoms with Crippen LogP contribution in [-0.2, 0) is 14.3 Å². The number of nitrogens with zero attached hydrogens (tertiary/aromatic N) is 1. The summed E-state index contributed by atoms with van der Waals surface area (Å²) in [5, 5.41) is 6.84. The van der Waals surface area contributed by atoms with Gasteiger partial charge in [-0.15, -0.1) is 0 Å². The van der Waals surface area contributed by atoms with E-state index < -0.39 is 0 Å². The van der Waals surface area contributed by atoms with Gasteiger partial charge in [-0.25, -0.2) is 0 Å². The van der Waals surface area contributed by atoms with Gasteiger partial charge in [0.15, 0.2) is 0 Å². The van der Waals surface area contributed by atoms with Crippen LogP contribution >= 0.6 is 0 Å². The number of hydrogen-bond donors (Lipinski definition) is 2. The van der Waals surface area contributed by atoms with Gasteiger partial charge in [-0.3, -0.25) is 14.5 Å². The van der Waals surface area contributed by atoms with Crippen molar-refractivity contribution in [2.24, 2.45) is 17.8 Å². The number of nitrogens with one attached hydrogen (secondary N) is 2. The minimum absolute atomic E-state index is 0.0506. The monoisotopic (exact) mass is 413 g/mol. The van der Waals surface area contributed by atoms with Crippen LogP contribution in [0.2, 0.25) is 0 Å². The van der Waals surface area contributed by atoms with Crippen molar-refractivity contribution < 1.29 is 14.3 Å². The molecule has 1 amide bonds. The Morgan fingerprint density at radius 1 is 1.07 bits per heavy atom. The van der Waals surface area contributed by atoms with Gasteiger partial charge in [0.1, 0.15) is 0 Å². The Kier molecular flexibility index (Phi) is 6.93. The van der Waals surface area contributed by atoms with Crippen molar-refractivity contribution in [3.8, 4) is 0 Å². The number of ether oxygens (including phenoxy) is 1. The van der Waals surface area contributed by atoms with Crippen LogP contribution in [0.5, 0.6) is 0 Å². The first-order chi connectivity index (χ1) is 14.6. The van der Waals surface area contributed by atoms with E-state index in [2.05, 4.69) is 27.7 Å². The van der Waals surface area contributed by atoms with Gasteiger partial charge in [-0.2, -0.15) is 0 Å². The number of benzene rings is 1. The molecule has 6 nitrogen and oxygen atoms in total. The van der Waals surface area contributed by atoms with E-state index >= 15 is 0 Å². The number of para-hydroxylation sites is 1. The molecule has 2 aliphatic carbocycles. The summed E-state index contributed by atoms with van der Waals surface area (Å²) in [4.78, 5) is 27.4. The second-order valence-electron chi connectivity index (χ2n) is 9.23. The fourth-order valence-corrected chi connectivity index (χ4v) is 5.81. The Labute approximate surface area is 179 Å². The fraction of sp³-hybridized carbons (Fsp3) is 0.667. The SMILES string of the molecule is COC(=O)C1CC2CCCCC2C1NC(=O)CN1CCC(Nc2ccccc2)CC1. The summed E-state index contributed by atoms with van der Waals surface area (Å²) in [5.74, 6) is 0.672. The summed E-state index contributed by atoms with van der Waals surface area (Å²) in [7, 11) is 1.46. The molecule has 0 spiro atoms. The van der Waals surface area contributed by atoms with Gasteiger partial charge in [0.25, 0.3) is 0 Å². The van der Waals surface area contributed by atoms with Gasteiger partial charge >= 0.3 is 5.97 Å². The van der Waals surface area contributed by atoms with E-state index in [-0.39, 0.29) is 23.8 Å². The number of hydrogen-bond acceptors (Lipinski definition) is 5. The molecule has 4 unspecified atom stereocenters. The van der Waals surface area contributed by atoms with Crippen LogP contribution in [0.3, 0.4) is 0 Å². The highest BCUT2D eigenvalue weighted by molar-refractivity contribution is 5.80. The number of piperidine rings is 1. The number of likely N-dealkylation sites (tertiary alicyclic amines) is 1. The molecule has 0 radical (unpaired) electrons. The zero-order chi connectivity index (χ0) is 20.9. The average Bonchev–Trinajstić information content (AvgIpc) is 3.13. The van der Waals surface area contributed by atoms with Crippen LogP contribution in [0, 0.1) is 17.8 Å². The normalized spacial score (nSPS) is 29.8. The smallest absolute Gasteiger partial charge is 0.310 e. The first-order valence-electron chi connectivity index (χ1n) is 11.5. The van der Waals surface area contributed by atoms with Gasteiger partial charge in [0.2, 0.25) is 5.91 Å². The molecule has 0 bridgehead atoms. The van der Waals surface area contributed by atoms with Crippen LogP contribution in [0.15, 0.2) is 30.3 Å². The Morgan fingerprint density at radius 3 is 2.53 bits per heavy atom. The van der Waals surface area contributed by atoms with Crippen molar-refractivity contribution >= 4 is 17.6 Å². The number of anilines is 1. The Hall–Kier alpha value is -2.08. The molecule has 6 heteroatoms. The second-order valence-corrected chi connectivity index (χ2v) is 9.23. The lowest BCUT2D eigenvalue weighted by atomic mass is 9.80. The van der Waals surface area contributed by atoms with Crippen molar-refractivity contribution in [1.29, 1.82) is 0 Å². The number of carbonyl (C=O) groups excluding carboxylic acids is 2. The number of methoxy groups -OCH3 is 1. The lowest BCUT2D eigenvalue weighted by Crippen LogP contribution is -2.50. The summed E-state index contributed by atoms with van der Waals surface area (Å²) in [6, 6.07) is 10.7. The minimum Gasteiger partial charge on any atom is -0.469 e. The molecule has 4 atom stereocenters. The summed E-state index contributed by atoms with van der Waals surface area (Å²) in [5.41, 5.74) is 1.16. The molecule has 1 aromatic carbocycles. The van der Waals surface area contributed by atoms with E-state index in [9.17, 15) is 9.59 Å². The van der Waals surface area contributed by atoms with Gasteiger partial charge in [-0.05, 0) is 49.7 Å². The first kappa shape index (κ1) is 21.2. The predicted molar refractivity (Wildman–Crippen MR) is 117 cm³/mol. The highest BCUT2D eigenvalue weighted by Gasteiger charge is 2.48. The molecule has 1 aliphatic heterocycles. The van der Waals surface area contributed by atoms with Gasteiger partial charge in [-0.1, -0.05) is 37.5 Å². The minimum atomic E-state index is -0.187. The van der Waals surface area contributed by atoms with Crippen molar-refractivity contribution in [3.05, 3.63) is 30.3 Å². The first-order valence-corrected chi connectivity index (χ1v) is 11.5. The van der Waals surface area contributed by atoms with Crippen molar-refractivity contribution in [3.63, 3.8) is 0 Å². The molecule has 2 N–H and O–H groups in total. The number of amides is 1. The quantitative estimate of drug-likeness (QED) is 0.702. The largest absolute Gasteiger partial charge is 0.469 e. The Balaban J connectivity index is 1.27. The van der Waals surface area contributed by atoms with Gasteiger partial charge in [0.05, 0.1) is 19.6 Å². The molecular weight excluding hydrogens is 378 g/mol. The van der Waals surface area contributed by atoms with E-state index in [4.69, 9.17) is 4.74 Å². The zero-order valence-electron chi connectivity index (χ0n) is 18.0. The highest BCUT2D eigenvalue weighted by Crippen LogP contribution is 2.45. The molecule has 3 aliphatic rings. The third-order valence-electron chi connectivity index (χ3n) is 7.35. The number of fused-ring (bicyclic) bond motifs is 1. The summed E-state index contributed by atoms with van der Waals surface area (Å²) < 4.78 is 5.06. The lowest BCUT2D eigenvalue weighted by molar-refractivity contribution is -0.146. The summed E-state index contributed by atoms with van der Waals surface area (Å²) >= 11 is 0. The predicted octanol–water partition coefficient (Wildman–Crippen LogP) is 3.05. The van der Waals surface area contributed by atoms with Crippen LogP contribution < -0.4 is 10.6 Å². The number of rotatable bonds is 6. The fourth-order valence-electron chi connectivity index (χ4n) is 5.81. The van der Waals surface area contributed by atoms with E-state index in [1.165, 1.54) is 26.4 Å². The molecule has 2 saturated carbocycles. The van der Waals surface area contributed by atoms with Crippen LogP contribution in [0.1, 0.15) is 44.9 Å². The zero-order valence-corrected chi connectivity index (χ0v) is 18.0. The van der Waals surface area contributed by atoms with Crippen LogP contribution in [0.25, 0.3) is 0 Å². The Morgan fingerprint density at radius 2 is 1.80 bits per heavy atom. The summed E-state index contributed by atoms with van der Waals surface area (Å²) in [6.07, 6.45) is 7.64. The number of carbonyl (C=O) groups is 2. The standard InChI is InChI=1S/C24H35N3O3/c1-30-24(29)21-15-17-7-5-6-10-20(17)23(21)26-22(28)16-27-13-11-19(12-14-27)25-18-8-3-2-4-9-18/h2-4,8-9,17,19-21,23,25H,5-7,10-16H2,1H3,(H,26,28). The second kappa shape index (κ2) is 9.82. The van der Waals surface area contributed by atoms with Gasteiger partial charge in [0, 0.05) is 30.9 Å². The van der Waals surface area contributed by atoms with Crippen molar-refractivity contribution in [2.75, 3.05) is 32.1 Å². The molecule has 0 aromatic heterocycles. The third-order valence-corrected chi connectivity index (χ3v) is 7.35. The van der Waals surface area contributed by atoms with Crippen molar-refractivity contribution in [2.45, 2.75) is 57.0 Å². The summed E-state index contributed by atoms with van der Waals surface area (Å²) in [6.45, 7) is 2.24. The topological polar surface area (TPSA) is 70.7 Å². The molecule has 1 heterocycles. The number of esters is 1. The molecule has 164 valence electrons. The van der Waals surface area contributed by atoms with Crippen LogP contribution in [0.4, 0.5) is 5.69 Å². The Bertz CT molecular complexity index is 718. The maximum atomic E-state index is 12.9. The molecule has 1 aromatic rings. The van der Waals surface area contributed by atoms with Crippen LogP contribution in [-0.4, -0.2) is 55.6 Å². The van der Waals surface area contributed by atoms with Gasteiger partial charge < -0.3 is 15.4 Å². The van der Waals surface area contributed by atoms with E-state index in [0.29, 0.717) is 24.4 Å².